The van der Waals surface area contributed by atoms with E-state index in [-0.39, 0.29) is 22.0 Å². The van der Waals surface area contributed by atoms with Crippen molar-refractivity contribution in [2.45, 2.75) is 6.42 Å². The van der Waals surface area contributed by atoms with Crippen molar-refractivity contribution in [1.29, 1.82) is 0 Å². The zero-order valence-corrected chi connectivity index (χ0v) is 7.48. The Bertz CT molecular complexity index is 383. The Morgan fingerprint density at radius 1 is 1.54 bits per heavy atom. The van der Waals surface area contributed by atoms with E-state index >= 15 is 0 Å². The van der Waals surface area contributed by atoms with E-state index in [1.54, 1.807) is 0 Å². The van der Waals surface area contributed by atoms with Crippen LogP contribution in [0.5, 0.6) is 5.75 Å². The molecule has 0 unspecified atom stereocenters. The Kier molecular flexibility index (Phi) is 1.81. The molecule has 13 heavy (non-hydrogen) atoms. The highest BCUT2D eigenvalue weighted by Gasteiger charge is 2.25. The number of hydrogen-bond acceptors (Lipinski definition) is 5. The van der Waals surface area contributed by atoms with Crippen molar-refractivity contribution in [2.24, 2.45) is 0 Å². The summed E-state index contributed by atoms with van der Waals surface area (Å²) in [6.45, 7) is 0.573. The number of anilines is 1. The van der Waals surface area contributed by atoms with Gasteiger partial charge in [0.05, 0.1) is 5.56 Å². The van der Waals surface area contributed by atoms with E-state index in [9.17, 15) is 14.7 Å². The van der Waals surface area contributed by atoms with Crippen LogP contribution in [0.3, 0.4) is 0 Å². The molecular formula is C8H7NO3S. The summed E-state index contributed by atoms with van der Waals surface area (Å²) < 4.78 is 0. The summed E-state index contributed by atoms with van der Waals surface area (Å²) in [5, 5.41) is 13.0. The van der Waals surface area contributed by atoms with Crippen molar-refractivity contribution in [3.63, 3.8) is 0 Å². The number of Topliss-reactive ketones (excluding diaryl/α,β-unsaturated/α-hetero) is 1. The van der Waals surface area contributed by atoms with Crippen LogP contribution in [0.4, 0.5) is 5.00 Å². The third kappa shape index (κ3) is 1.12. The molecule has 5 heteroatoms. The maximum atomic E-state index is 11.3. The molecule has 0 saturated carbocycles. The van der Waals surface area contributed by atoms with Crippen molar-refractivity contribution in [2.75, 3.05) is 11.9 Å². The second kappa shape index (κ2) is 2.85. The fourth-order valence-corrected chi connectivity index (χ4v) is 2.27. The molecule has 0 aromatic carbocycles. The topological polar surface area (TPSA) is 66.4 Å². The first-order valence-corrected chi connectivity index (χ1v) is 4.63. The predicted molar refractivity (Wildman–Crippen MR) is 48.8 cm³/mol. The first kappa shape index (κ1) is 8.25. The number of nitrogens with one attached hydrogen (secondary N) is 1. The number of carbonyl (C=O) groups is 2. The van der Waals surface area contributed by atoms with Gasteiger partial charge in [-0.1, -0.05) is 0 Å². The smallest absolute Gasteiger partial charge is 0.171 e. The zero-order chi connectivity index (χ0) is 9.42. The molecule has 1 aromatic heterocycles. The van der Waals surface area contributed by atoms with Crippen molar-refractivity contribution in [3.8, 4) is 5.75 Å². The molecule has 0 radical (unpaired) electrons. The van der Waals surface area contributed by atoms with Gasteiger partial charge in [-0.15, -0.1) is 11.3 Å². The summed E-state index contributed by atoms with van der Waals surface area (Å²) in [4.78, 5) is 22.0. The molecule has 68 valence electrons. The lowest BCUT2D eigenvalue weighted by Gasteiger charge is -2.11. The highest BCUT2D eigenvalue weighted by atomic mass is 32.1. The van der Waals surface area contributed by atoms with Crippen molar-refractivity contribution in [3.05, 3.63) is 10.4 Å². The number of rotatable bonds is 1. The lowest BCUT2D eigenvalue weighted by molar-refractivity contribution is 0.0982. The van der Waals surface area contributed by atoms with Crippen LogP contribution in [0.15, 0.2) is 0 Å². The van der Waals surface area contributed by atoms with Crippen molar-refractivity contribution < 1.29 is 14.7 Å². The van der Waals surface area contributed by atoms with Gasteiger partial charge < -0.3 is 10.4 Å². The maximum Gasteiger partial charge on any atom is 0.171 e. The van der Waals surface area contributed by atoms with Crippen LogP contribution in [-0.2, 0) is 0 Å². The van der Waals surface area contributed by atoms with Crippen LogP contribution in [0.1, 0.15) is 26.5 Å². The molecule has 4 nitrogen and oxygen atoms in total. The van der Waals surface area contributed by atoms with Crippen molar-refractivity contribution in [1.82, 2.24) is 0 Å². The molecule has 0 atom stereocenters. The van der Waals surface area contributed by atoms with Crippen LogP contribution in [0, 0.1) is 0 Å². The monoisotopic (exact) mass is 197 g/mol. The van der Waals surface area contributed by atoms with Gasteiger partial charge >= 0.3 is 0 Å². The summed E-state index contributed by atoms with van der Waals surface area (Å²) in [5.74, 6) is -0.275. The minimum absolute atomic E-state index is 0.101. The molecule has 2 rings (SSSR count). The van der Waals surface area contributed by atoms with Crippen molar-refractivity contribution >= 4 is 28.4 Å². The highest BCUT2D eigenvalue weighted by molar-refractivity contribution is 7.18. The van der Waals surface area contributed by atoms with E-state index in [1.807, 2.05) is 0 Å². The second-order valence-corrected chi connectivity index (χ2v) is 3.79. The lowest BCUT2D eigenvalue weighted by atomic mass is 10.1. The van der Waals surface area contributed by atoms with Gasteiger partial charge in [0, 0.05) is 13.0 Å². The summed E-state index contributed by atoms with van der Waals surface area (Å²) in [6, 6.07) is 0. The summed E-state index contributed by atoms with van der Waals surface area (Å²) in [5.41, 5.74) is 0.276. The fraction of sp³-hybridized carbons (Fsp3) is 0.250. The largest absolute Gasteiger partial charge is 0.505 e. The molecule has 0 amide bonds. The highest BCUT2D eigenvalue weighted by Crippen LogP contribution is 2.40. The molecule has 1 aliphatic heterocycles. The number of aromatic hydroxyl groups is 1. The standard InChI is InChI=1S/C8H7NO3S/c10-3-5-7(12)6-4(11)1-2-9-8(6)13-5/h3,9,12H,1-2H2. The van der Waals surface area contributed by atoms with E-state index < -0.39 is 0 Å². The lowest BCUT2D eigenvalue weighted by Crippen LogP contribution is -2.15. The van der Waals surface area contributed by atoms with Gasteiger partial charge in [0.1, 0.15) is 15.6 Å². The predicted octanol–water partition coefficient (Wildman–Crippen LogP) is 1.26. The number of aldehydes is 1. The summed E-state index contributed by atoms with van der Waals surface area (Å²) >= 11 is 1.12. The van der Waals surface area contributed by atoms with Crippen LogP contribution < -0.4 is 5.32 Å². The van der Waals surface area contributed by atoms with Crippen LogP contribution in [-0.4, -0.2) is 23.7 Å². The maximum absolute atomic E-state index is 11.3. The third-order valence-corrected chi connectivity index (χ3v) is 2.99. The van der Waals surface area contributed by atoms with E-state index in [4.69, 9.17) is 0 Å². The van der Waals surface area contributed by atoms with E-state index in [2.05, 4.69) is 5.32 Å². The number of carbonyl (C=O) groups excluding carboxylic acids is 2. The van der Waals surface area contributed by atoms with Gasteiger partial charge in [-0.2, -0.15) is 0 Å². The zero-order valence-electron chi connectivity index (χ0n) is 6.66. The molecule has 0 fully saturated rings. The molecule has 0 saturated heterocycles. The van der Waals surface area contributed by atoms with Gasteiger partial charge in [0.15, 0.2) is 12.1 Å². The molecular weight excluding hydrogens is 190 g/mol. The molecule has 0 spiro atoms. The molecule has 2 heterocycles. The van der Waals surface area contributed by atoms with Crippen LogP contribution in [0.2, 0.25) is 0 Å². The Hall–Kier alpha value is -1.36. The number of ketones is 1. The molecule has 1 aromatic rings. The minimum atomic E-state index is -0.174. The van der Waals surface area contributed by atoms with Crippen LogP contribution >= 0.6 is 11.3 Å². The van der Waals surface area contributed by atoms with Gasteiger partial charge in [0.2, 0.25) is 0 Å². The molecule has 1 aliphatic rings. The average molecular weight is 197 g/mol. The Balaban J connectivity index is 2.61. The summed E-state index contributed by atoms with van der Waals surface area (Å²) in [6.07, 6.45) is 0.933. The molecule has 0 bridgehead atoms. The average Bonchev–Trinajstić information content (AvgIpc) is 2.44. The molecule has 0 aliphatic carbocycles. The minimum Gasteiger partial charge on any atom is -0.505 e. The number of hydrogen-bond donors (Lipinski definition) is 2. The molecule has 2 N–H and O–H groups in total. The van der Waals surface area contributed by atoms with Crippen LogP contribution in [0.25, 0.3) is 0 Å². The Morgan fingerprint density at radius 3 is 2.92 bits per heavy atom. The number of thiophene rings is 1. The van der Waals surface area contributed by atoms with Gasteiger partial charge in [-0.25, -0.2) is 0 Å². The SMILES string of the molecule is O=Cc1sc2c(c1O)C(=O)CCN2. The van der Waals surface area contributed by atoms with Gasteiger partial charge in [-0.05, 0) is 0 Å². The van der Waals surface area contributed by atoms with Gasteiger partial charge in [-0.3, -0.25) is 9.59 Å². The first-order valence-electron chi connectivity index (χ1n) is 3.82. The number of fused-ring (bicyclic) bond motifs is 1. The van der Waals surface area contributed by atoms with E-state index in [0.29, 0.717) is 24.3 Å². The van der Waals surface area contributed by atoms with E-state index in [1.165, 1.54) is 0 Å². The Labute approximate surface area is 78.2 Å². The van der Waals surface area contributed by atoms with Gasteiger partial charge in [0.25, 0.3) is 0 Å². The normalized spacial score (nSPS) is 14.9. The third-order valence-electron chi connectivity index (χ3n) is 1.93. The first-order chi connectivity index (χ1) is 6.24. The second-order valence-electron chi connectivity index (χ2n) is 2.74. The van der Waals surface area contributed by atoms with E-state index in [0.717, 1.165) is 11.3 Å². The Morgan fingerprint density at radius 2 is 2.31 bits per heavy atom. The fourth-order valence-electron chi connectivity index (χ4n) is 1.32. The quantitative estimate of drug-likeness (QED) is 0.665. The summed E-state index contributed by atoms with van der Waals surface area (Å²) in [7, 11) is 0.